The monoisotopic (exact) mass is 248 g/mol. The fourth-order valence-corrected chi connectivity index (χ4v) is 2.62. The van der Waals surface area contributed by atoms with Crippen molar-refractivity contribution in [3.8, 4) is 0 Å². The number of carbonyl (C=O) groups is 1. The van der Waals surface area contributed by atoms with E-state index in [1.807, 2.05) is 6.92 Å². The zero-order chi connectivity index (χ0) is 12.3. The SMILES string of the molecule is CC1CCCN1C(=O)C(N)CCS(C)(=O)=O. The number of likely N-dealkylation sites (tertiary alicyclic amines) is 1. The van der Waals surface area contributed by atoms with E-state index < -0.39 is 15.9 Å². The molecule has 1 fully saturated rings. The molecule has 1 aliphatic rings. The van der Waals surface area contributed by atoms with E-state index >= 15 is 0 Å². The van der Waals surface area contributed by atoms with Gasteiger partial charge in [0.2, 0.25) is 5.91 Å². The minimum Gasteiger partial charge on any atom is -0.339 e. The van der Waals surface area contributed by atoms with E-state index in [0.717, 1.165) is 25.6 Å². The van der Waals surface area contributed by atoms with Gasteiger partial charge in [-0.25, -0.2) is 8.42 Å². The third-order valence-corrected chi connectivity index (χ3v) is 3.93. The Balaban J connectivity index is 2.47. The van der Waals surface area contributed by atoms with E-state index in [0.29, 0.717) is 0 Å². The van der Waals surface area contributed by atoms with Gasteiger partial charge in [0.05, 0.1) is 11.8 Å². The molecule has 0 aromatic carbocycles. The van der Waals surface area contributed by atoms with Crippen molar-refractivity contribution >= 4 is 15.7 Å². The van der Waals surface area contributed by atoms with Crippen molar-refractivity contribution in [3.63, 3.8) is 0 Å². The zero-order valence-corrected chi connectivity index (χ0v) is 10.7. The molecule has 1 amide bonds. The first kappa shape index (κ1) is 13.4. The maximum atomic E-state index is 11.9. The van der Waals surface area contributed by atoms with E-state index in [1.54, 1.807) is 4.90 Å². The van der Waals surface area contributed by atoms with Gasteiger partial charge in [-0.1, -0.05) is 0 Å². The highest BCUT2D eigenvalue weighted by Gasteiger charge is 2.28. The summed E-state index contributed by atoms with van der Waals surface area (Å²) in [6, 6.07) is -0.452. The van der Waals surface area contributed by atoms with Crippen LogP contribution in [-0.2, 0) is 14.6 Å². The highest BCUT2D eigenvalue weighted by molar-refractivity contribution is 7.90. The fourth-order valence-electron chi connectivity index (χ4n) is 1.94. The lowest BCUT2D eigenvalue weighted by Gasteiger charge is -2.24. The largest absolute Gasteiger partial charge is 0.339 e. The molecule has 2 unspecified atom stereocenters. The van der Waals surface area contributed by atoms with Crippen molar-refractivity contribution in [3.05, 3.63) is 0 Å². The molecule has 0 aliphatic carbocycles. The number of rotatable bonds is 4. The molecular formula is C10H20N2O3S. The third kappa shape index (κ3) is 3.75. The Bertz CT molecular complexity index is 353. The molecule has 0 aromatic rings. The fraction of sp³-hybridized carbons (Fsp3) is 0.900. The van der Waals surface area contributed by atoms with Crippen LogP contribution in [0.1, 0.15) is 26.2 Å². The molecule has 2 N–H and O–H groups in total. The summed E-state index contributed by atoms with van der Waals surface area (Å²) < 4.78 is 21.9. The van der Waals surface area contributed by atoms with Gasteiger partial charge in [0.15, 0.2) is 0 Å². The van der Waals surface area contributed by atoms with Gasteiger partial charge in [0.1, 0.15) is 9.84 Å². The molecule has 94 valence electrons. The molecule has 0 radical (unpaired) electrons. The number of amides is 1. The molecule has 1 rings (SSSR count). The Morgan fingerprint density at radius 2 is 2.19 bits per heavy atom. The molecular weight excluding hydrogens is 228 g/mol. The number of nitrogens with two attached hydrogens (primary N) is 1. The lowest BCUT2D eigenvalue weighted by Crippen LogP contribution is -2.45. The Morgan fingerprint density at radius 3 is 2.62 bits per heavy atom. The molecule has 0 aromatic heterocycles. The first-order chi connectivity index (χ1) is 7.31. The first-order valence-electron chi connectivity index (χ1n) is 5.55. The molecule has 0 bridgehead atoms. The van der Waals surface area contributed by atoms with Crippen LogP contribution in [0.3, 0.4) is 0 Å². The molecule has 16 heavy (non-hydrogen) atoms. The second-order valence-corrected chi connectivity index (χ2v) is 6.81. The highest BCUT2D eigenvalue weighted by atomic mass is 32.2. The summed E-state index contributed by atoms with van der Waals surface area (Å²) in [5.41, 5.74) is 5.71. The van der Waals surface area contributed by atoms with Crippen molar-refractivity contribution in [1.82, 2.24) is 4.90 Å². The maximum Gasteiger partial charge on any atom is 0.239 e. The number of nitrogens with zero attached hydrogens (tertiary/aromatic N) is 1. The van der Waals surface area contributed by atoms with E-state index in [4.69, 9.17) is 5.73 Å². The summed E-state index contributed by atoms with van der Waals surface area (Å²) >= 11 is 0. The van der Waals surface area contributed by atoms with Gasteiger partial charge in [0.25, 0.3) is 0 Å². The molecule has 5 nitrogen and oxygen atoms in total. The highest BCUT2D eigenvalue weighted by Crippen LogP contribution is 2.17. The summed E-state index contributed by atoms with van der Waals surface area (Å²) in [6.45, 7) is 2.74. The second-order valence-electron chi connectivity index (χ2n) is 4.55. The second kappa shape index (κ2) is 5.14. The van der Waals surface area contributed by atoms with Crippen molar-refractivity contribution in [2.45, 2.75) is 38.3 Å². The van der Waals surface area contributed by atoms with Gasteiger partial charge in [0, 0.05) is 18.8 Å². The van der Waals surface area contributed by atoms with Gasteiger partial charge in [-0.15, -0.1) is 0 Å². The molecule has 0 spiro atoms. The zero-order valence-electron chi connectivity index (χ0n) is 9.85. The number of sulfone groups is 1. The molecule has 1 saturated heterocycles. The van der Waals surface area contributed by atoms with Crippen LogP contribution in [0.4, 0.5) is 0 Å². The predicted molar refractivity (Wildman–Crippen MR) is 62.7 cm³/mol. The summed E-state index contributed by atoms with van der Waals surface area (Å²) in [6.07, 6.45) is 3.37. The summed E-state index contributed by atoms with van der Waals surface area (Å²) in [5.74, 6) is -0.143. The Morgan fingerprint density at radius 1 is 1.56 bits per heavy atom. The smallest absolute Gasteiger partial charge is 0.239 e. The average Bonchev–Trinajstić information content (AvgIpc) is 2.58. The van der Waals surface area contributed by atoms with Gasteiger partial charge in [-0.2, -0.15) is 0 Å². The minimum atomic E-state index is -3.04. The standard InChI is InChI=1S/C10H20N2O3S/c1-8-4-3-6-12(8)10(13)9(11)5-7-16(2,14)15/h8-9H,3-7,11H2,1-2H3. The Hall–Kier alpha value is -0.620. The van der Waals surface area contributed by atoms with Crippen molar-refractivity contribution in [2.24, 2.45) is 5.73 Å². The van der Waals surface area contributed by atoms with Gasteiger partial charge in [-0.3, -0.25) is 4.79 Å². The summed E-state index contributed by atoms with van der Waals surface area (Å²) in [5, 5.41) is 0. The molecule has 1 aliphatic heterocycles. The van der Waals surface area contributed by atoms with E-state index in [1.165, 1.54) is 0 Å². The van der Waals surface area contributed by atoms with Crippen LogP contribution in [0, 0.1) is 0 Å². The van der Waals surface area contributed by atoms with Crippen LogP contribution in [-0.4, -0.2) is 49.9 Å². The van der Waals surface area contributed by atoms with Crippen molar-refractivity contribution in [1.29, 1.82) is 0 Å². The average molecular weight is 248 g/mol. The predicted octanol–water partition coefficient (Wildman–Crippen LogP) is -0.241. The van der Waals surface area contributed by atoms with E-state index in [-0.39, 0.29) is 24.1 Å². The van der Waals surface area contributed by atoms with Crippen LogP contribution < -0.4 is 5.73 Å². The topological polar surface area (TPSA) is 80.5 Å². The van der Waals surface area contributed by atoms with E-state index in [9.17, 15) is 13.2 Å². The van der Waals surface area contributed by atoms with Gasteiger partial charge >= 0.3 is 0 Å². The quantitative estimate of drug-likeness (QED) is 0.744. The molecule has 1 heterocycles. The van der Waals surface area contributed by atoms with Crippen LogP contribution in [0.25, 0.3) is 0 Å². The molecule has 6 heteroatoms. The lowest BCUT2D eigenvalue weighted by molar-refractivity contribution is -0.133. The van der Waals surface area contributed by atoms with Crippen LogP contribution in [0.5, 0.6) is 0 Å². The van der Waals surface area contributed by atoms with Crippen molar-refractivity contribution in [2.75, 3.05) is 18.6 Å². The number of carbonyl (C=O) groups excluding carboxylic acids is 1. The number of hydrogen-bond acceptors (Lipinski definition) is 4. The maximum absolute atomic E-state index is 11.9. The Kier molecular flexibility index (Phi) is 4.32. The molecule has 0 saturated carbocycles. The third-order valence-electron chi connectivity index (χ3n) is 2.95. The van der Waals surface area contributed by atoms with E-state index in [2.05, 4.69) is 0 Å². The molecule has 2 atom stereocenters. The van der Waals surface area contributed by atoms with Crippen LogP contribution in [0.2, 0.25) is 0 Å². The summed E-state index contributed by atoms with van der Waals surface area (Å²) in [7, 11) is -3.04. The van der Waals surface area contributed by atoms with Crippen LogP contribution >= 0.6 is 0 Å². The lowest BCUT2D eigenvalue weighted by atomic mass is 10.2. The summed E-state index contributed by atoms with van der Waals surface area (Å²) in [4.78, 5) is 13.6. The number of hydrogen-bond donors (Lipinski definition) is 1. The van der Waals surface area contributed by atoms with Crippen molar-refractivity contribution < 1.29 is 13.2 Å². The first-order valence-corrected chi connectivity index (χ1v) is 7.61. The van der Waals surface area contributed by atoms with Gasteiger partial charge in [-0.05, 0) is 26.2 Å². The van der Waals surface area contributed by atoms with Gasteiger partial charge < -0.3 is 10.6 Å². The normalized spacial score (nSPS) is 23.4. The Labute approximate surface area is 96.9 Å². The minimum absolute atomic E-state index is 0.0257. The van der Waals surface area contributed by atoms with Crippen LogP contribution in [0.15, 0.2) is 0 Å².